The van der Waals surface area contributed by atoms with Crippen LogP contribution in [0.15, 0.2) is 78.4 Å². The molecule has 0 radical (unpaired) electrons. The third-order valence-corrected chi connectivity index (χ3v) is 4.43. The minimum Gasteiger partial charge on any atom is -0.497 e. The summed E-state index contributed by atoms with van der Waals surface area (Å²) in [5, 5.41) is 9.51. The van der Waals surface area contributed by atoms with Gasteiger partial charge in [0.15, 0.2) is 11.5 Å². The van der Waals surface area contributed by atoms with Crippen LogP contribution in [0.3, 0.4) is 0 Å². The maximum Gasteiger partial charge on any atom is 0.203 e. The average Bonchev–Trinajstić information content (AvgIpc) is 2.81. The molecule has 150 valence electrons. The Kier molecular flexibility index (Phi) is 6.86. The van der Waals surface area contributed by atoms with E-state index in [2.05, 4.69) is 0 Å². The molecule has 5 heteroatoms. The van der Waals surface area contributed by atoms with Gasteiger partial charge in [0.2, 0.25) is 5.78 Å². The summed E-state index contributed by atoms with van der Waals surface area (Å²) in [4.78, 5) is 12.7. The predicted molar refractivity (Wildman–Crippen MR) is 115 cm³/mol. The van der Waals surface area contributed by atoms with Crippen LogP contribution in [0.1, 0.15) is 21.5 Å². The second kappa shape index (κ2) is 9.94. The van der Waals surface area contributed by atoms with Crippen LogP contribution in [-0.2, 0) is 6.61 Å². The summed E-state index contributed by atoms with van der Waals surface area (Å²) in [6, 6.07) is 23.8. The zero-order valence-electron chi connectivity index (χ0n) is 16.8. The summed E-state index contributed by atoms with van der Waals surface area (Å²) in [5.74, 6) is 1.28. The maximum absolute atomic E-state index is 12.7. The number of benzene rings is 3. The first-order valence-corrected chi connectivity index (χ1v) is 9.30. The van der Waals surface area contributed by atoms with Gasteiger partial charge < -0.3 is 14.2 Å². The molecule has 5 nitrogen and oxygen atoms in total. The highest BCUT2D eigenvalue weighted by Gasteiger charge is 2.14. The maximum atomic E-state index is 12.7. The van der Waals surface area contributed by atoms with Crippen LogP contribution in [0, 0.1) is 11.3 Å². The van der Waals surface area contributed by atoms with Crippen molar-refractivity contribution in [2.45, 2.75) is 6.61 Å². The van der Waals surface area contributed by atoms with E-state index in [1.165, 1.54) is 13.2 Å². The van der Waals surface area contributed by atoms with E-state index in [1.807, 2.05) is 36.4 Å². The molecule has 0 heterocycles. The Labute approximate surface area is 175 Å². The van der Waals surface area contributed by atoms with Gasteiger partial charge in [0.1, 0.15) is 24.0 Å². The zero-order chi connectivity index (χ0) is 21.3. The van der Waals surface area contributed by atoms with E-state index in [1.54, 1.807) is 49.6 Å². The highest BCUT2D eigenvalue weighted by atomic mass is 16.5. The third kappa shape index (κ3) is 5.06. The topological polar surface area (TPSA) is 68.6 Å². The number of nitriles is 1. The van der Waals surface area contributed by atoms with Crippen LogP contribution in [0.4, 0.5) is 0 Å². The molecule has 0 N–H and O–H groups in total. The highest BCUT2D eigenvalue weighted by molar-refractivity contribution is 6.14. The Morgan fingerprint density at radius 2 is 1.73 bits per heavy atom. The number of allylic oxidation sites excluding steroid dienone is 1. The largest absolute Gasteiger partial charge is 0.497 e. The van der Waals surface area contributed by atoms with Crippen LogP contribution in [0.2, 0.25) is 0 Å². The second-order valence-corrected chi connectivity index (χ2v) is 6.42. The fraction of sp³-hybridized carbons (Fsp3) is 0.120. The van der Waals surface area contributed by atoms with Crippen molar-refractivity contribution in [1.82, 2.24) is 0 Å². The molecule has 0 saturated heterocycles. The van der Waals surface area contributed by atoms with Gasteiger partial charge in [-0.1, -0.05) is 48.5 Å². The smallest absolute Gasteiger partial charge is 0.203 e. The number of carbonyl (C=O) groups excluding carboxylic acids is 1. The van der Waals surface area contributed by atoms with Crippen molar-refractivity contribution in [2.24, 2.45) is 0 Å². The molecule has 0 saturated carbocycles. The fourth-order valence-electron chi connectivity index (χ4n) is 2.86. The van der Waals surface area contributed by atoms with Gasteiger partial charge in [0.25, 0.3) is 0 Å². The molecule has 0 amide bonds. The molecule has 0 aliphatic carbocycles. The molecule has 0 aliphatic rings. The second-order valence-electron chi connectivity index (χ2n) is 6.42. The number of Topliss-reactive ketones (excluding diaryl/α,β-unsaturated/α-hetero) is 1. The van der Waals surface area contributed by atoms with Crippen LogP contribution < -0.4 is 14.2 Å². The molecule has 0 aliphatic heterocycles. The van der Waals surface area contributed by atoms with E-state index in [4.69, 9.17) is 14.2 Å². The van der Waals surface area contributed by atoms with Gasteiger partial charge >= 0.3 is 0 Å². The minimum absolute atomic E-state index is 0.0169. The molecule has 0 aromatic heterocycles. The molecule has 3 aromatic rings. The number of hydrogen-bond acceptors (Lipinski definition) is 5. The molecule has 0 bridgehead atoms. The monoisotopic (exact) mass is 399 g/mol. The van der Waals surface area contributed by atoms with Crippen molar-refractivity contribution in [2.75, 3.05) is 14.2 Å². The lowest BCUT2D eigenvalue weighted by Gasteiger charge is -2.11. The van der Waals surface area contributed by atoms with Gasteiger partial charge in [-0.2, -0.15) is 5.26 Å². The van der Waals surface area contributed by atoms with Crippen molar-refractivity contribution in [3.8, 4) is 23.3 Å². The third-order valence-electron chi connectivity index (χ3n) is 4.43. The van der Waals surface area contributed by atoms with E-state index in [0.717, 1.165) is 5.56 Å². The summed E-state index contributed by atoms with van der Waals surface area (Å²) in [6.45, 7) is 0.407. The van der Waals surface area contributed by atoms with Gasteiger partial charge in [-0.15, -0.1) is 0 Å². The van der Waals surface area contributed by atoms with Crippen molar-refractivity contribution in [1.29, 1.82) is 5.26 Å². The Morgan fingerprint density at radius 3 is 2.43 bits per heavy atom. The summed E-state index contributed by atoms with van der Waals surface area (Å²) in [5.41, 5.74) is 2.10. The van der Waals surface area contributed by atoms with Crippen LogP contribution in [-0.4, -0.2) is 20.0 Å². The van der Waals surface area contributed by atoms with E-state index < -0.39 is 0 Å². The summed E-state index contributed by atoms with van der Waals surface area (Å²) in [6.07, 6.45) is 1.53. The molecule has 0 unspecified atom stereocenters. The fourth-order valence-corrected chi connectivity index (χ4v) is 2.86. The standard InChI is InChI=1S/C25H21NO4/c1-28-22-10-6-9-20(15-22)25(27)21(16-26)13-19-11-12-23(24(14-19)29-2)30-17-18-7-4-3-5-8-18/h3-15H,17H2,1-2H3. The Bertz CT molecular complexity index is 1100. The lowest BCUT2D eigenvalue weighted by Crippen LogP contribution is -2.02. The van der Waals surface area contributed by atoms with Gasteiger partial charge in [-0.3, -0.25) is 4.79 Å². The quantitative estimate of drug-likeness (QED) is 0.300. The molecular weight excluding hydrogens is 378 g/mol. The first kappa shape index (κ1) is 20.7. The van der Waals surface area contributed by atoms with E-state index in [9.17, 15) is 10.1 Å². The molecule has 0 fully saturated rings. The number of hydrogen-bond donors (Lipinski definition) is 0. The van der Waals surface area contributed by atoms with E-state index >= 15 is 0 Å². The Balaban J connectivity index is 1.82. The summed E-state index contributed by atoms with van der Waals surface area (Å²) < 4.78 is 16.4. The van der Waals surface area contributed by atoms with E-state index in [-0.39, 0.29) is 11.4 Å². The van der Waals surface area contributed by atoms with Gasteiger partial charge in [0, 0.05) is 5.56 Å². The molecule has 3 aromatic carbocycles. The number of ether oxygens (including phenoxy) is 3. The number of methoxy groups -OCH3 is 2. The van der Waals surface area contributed by atoms with Gasteiger partial charge in [-0.25, -0.2) is 0 Å². The number of carbonyl (C=O) groups is 1. The van der Waals surface area contributed by atoms with Crippen molar-refractivity contribution >= 4 is 11.9 Å². The SMILES string of the molecule is COc1cccc(C(=O)C(C#N)=Cc2ccc(OCc3ccccc3)c(OC)c2)c1. The lowest BCUT2D eigenvalue weighted by atomic mass is 10.0. The molecule has 3 rings (SSSR count). The van der Waals surface area contributed by atoms with Crippen molar-refractivity contribution in [3.63, 3.8) is 0 Å². The number of rotatable bonds is 8. The number of ketones is 1. The molecule has 0 atom stereocenters. The first-order valence-electron chi connectivity index (χ1n) is 9.30. The van der Waals surface area contributed by atoms with Crippen molar-refractivity contribution < 1.29 is 19.0 Å². The van der Waals surface area contributed by atoms with Crippen molar-refractivity contribution in [3.05, 3.63) is 95.1 Å². The molecular formula is C25H21NO4. The normalized spacial score (nSPS) is 10.8. The molecule has 30 heavy (non-hydrogen) atoms. The van der Waals surface area contributed by atoms with E-state index in [0.29, 0.717) is 35.0 Å². The van der Waals surface area contributed by atoms with Crippen LogP contribution >= 0.6 is 0 Å². The highest BCUT2D eigenvalue weighted by Crippen LogP contribution is 2.30. The Morgan fingerprint density at radius 1 is 0.933 bits per heavy atom. The average molecular weight is 399 g/mol. The first-order chi connectivity index (χ1) is 14.6. The van der Waals surface area contributed by atoms with Crippen LogP contribution in [0.25, 0.3) is 6.08 Å². The minimum atomic E-state index is -0.375. The van der Waals surface area contributed by atoms with Crippen LogP contribution in [0.5, 0.6) is 17.2 Å². The predicted octanol–water partition coefficient (Wildman–Crippen LogP) is 5.07. The summed E-state index contributed by atoms with van der Waals surface area (Å²) in [7, 11) is 3.07. The zero-order valence-corrected chi connectivity index (χ0v) is 16.8. The number of nitrogens with zero attached hydrogens (tertiary/aromatic N) is 1. The van der Waals surface area contributed by atoms with Gasteiger partial charge in [-0.05, 0) is 41.5 Å². The molecule has 0 spiro atoms. The summed E-state index contributed by atoms with van der Waals surface area (Å²) >= 11 is 0. The Hall–Kier alpha value is -4.04. The lowest BCUT2D eigenvalue weighted by molar-refractivity contribution is 0.103. The van der Waals surface area contributed by atoms with Gasteiger partial charge in [0.05, 0.1) is 14.2 Å².